The largest absolute Gasteiger partial charge is 0.489 e. The third kappa shape index (κ3) is 4.59. The van der Waals surface area contributed by atoms with E-state index in [1.807, 2.05) is 89.8 Å². The predicted molar refractivity (Wildman–Crippen MR) is 163 cm³/mol. The summed E-state index contributed by atoms with van der Waals surface area (Å²) in [7, 11) is 0. The van der Waals surface area contributed by atoms with Crippen LogP contribution in [0.4, 0.5) is 11.4 Å². The molecule has 3 aliphatic heterocycles. The smallest absolute Gasteiger partial charge is 0.269 e. The summed E-state index contributed by atoms with van der Waals surface area (Å²) < 4.78 is 5.97. The zero-order valence-corrected chi connectivity index (χ0v) is 23.5. The molecule has 0 radical (unpaired) electrons. The maximum Gasteiger partial charge on any atom is 0.269 e. The van der Waals surface area contributed by atoms with Crippen LogP contribution in [0.5, 0.6) is 5.75 Å². The van der Waals surface area contributed by atoms with E-state index in [9.17, 15) is 9.59 Å². The minimum Gasteiger partial charge on any atom is -0.489 e. The number of nitrogens with zero attached hydrogens (tertiary/aromatic N) is 3. The maximum atomic E-state index is 14.4. The second-order valence-electron chi connectivity index (χ2n) is 10.8. The van der Waals surface area contributed by atoms with E-state index in [2.05, 4.69) is 29.2 Å². The highest BCUT2D eigenvalue weighted by atomic mass is 32.2. The van der Waals surface area contributed by atoms with Gasteiger partial charge in [-0.25, -0.2) is 0 Å². The van der Waals surface area contributed by atoms with Crippen LogP contribution in [-0.2, 0) is 21.1 Å². The van der Waals surface area contributed by atoms with Crippen LogP contribution in [0.2, 0.25) is 0 Å². The summed E-state index contributed by atoms with van der Waals surface area (Å²) in [6.07, 6.45) is 1.07. The van der Waals surface area contributed by atoms with Crippen molar-refractivity contribution in [1.82, 2.24) is 4.90 Å². The molecule has 6 nitrogen and oxygen atoms in total. The van der Waals surface area contributed by atoms with Gasteiger partial charge >= 0.3 is 0 Å². The summed E-state index contributed by atoms with van der Waals surface area (Å²) in [5.74, 6) is 1.30. The molecule has 2 atom stereocenters. The van der Waals surface area contributed by atoms with E-state index in [1.54, 1.807) is 4.90 Å². The van der Waals surface area contributed by atoms with Gasteiger partial charge in [0.15, 0.2) is 0 Å². The van der Waals surface area contributed by atoms with Crippen LogP contribution in [0.25, 0.3) is 0 Å². The van der Waals surface area contributed by atoms with E-state index in [0.717, 1.165) is 36.3 Å². The van der Waals surface area contributed by atoms with Crippen LogP contribution in [0, 0.1) is 0 Å². The molecule has 2 fully saturated rings. The molecular weight excluding hydrogens is 530 g/mol. The summed E-state index contributed by atoms with van der Waals surface area (Å²) >= 11 is 1.42. The molecule has 41 heavy (non-hydrogen) atoms. The van der Waals surface area contributed by atoms with E-state index in [-0.39, 0.29) is 17.6 Å². The molecule has 0 saturated carbocycles. The predicted octanol–water partition coefficient (Wildman–Crippen LogP) is 5.99. The summed E-state index contributed by atoms with van der Waals surface area (Å²) in [5, 5.41) is 0. The summed E-state index contributed by atoms with van der Waals surface area (Å²) in [5.41, 5.74) is 4.89. The monoisotopic (exact) mass is 561 g/mol. The molecular formula is C34H31N3O3S. The topological polar surface area (TPSA) is 53.1 Å². The Hall–Kier alpha value is -4.07. The highest BCUT2D eigenvalue weighted by Crippen LogP contribution is 2.55. The molecule has 3 heterocycles. The van der Waals surface area contributed by atoms with Gasteiger partial charge in [-0.2, -0.15) is 0 Å². The number of fused-ring (bicyclic) bond motifs is 2. The zero-order valence-electron chi connectivity index (χ0n) is 22.7. The first-order chi connectivity index (χ1) is 20.1. The summed E-state index contributed by atoms with van der Waals surface area (Å²) in [6, 6.07) is 36.1. The van der Waals surface area contributed by atoms with Crippen LogP contribution >= 0.6 is 11.8 Å². The van der Waals surface area contributed by atoms with Crippen molar-refractivity contribution in [2.75, 3.05) is 35.3 Å². The standard InChI is InChI=1S/C34H31N3O3S/c38-32-23-41-34(37(32)28-15-17-29(18-16-28)40-22-25-9-3-1-4-10-25)30-13-7-8-14-31(30)36(33(34)39)24-35-20-19-27(21-35)26-11-5-2-6-12-26/h1-18,27H,19-24H2/t27-,34+/m1/s1. The number of rotatable bonds is 7. The first-order valence-electron chi connectivity index (χ1n) is 14.1. The molecule has 4 aromatic rings. The van der Waals surface area contributed by atoms with Gasteiger partial charge in [-0.05, 0) is 53.8 Å². The van der Waals surface area contributed by atoms with E-state index in [0.29, 0.717) is 30.6 Å². The van der Waals surface area contributed by atoms with Gasteiger partial charge in [-0.15, -0.1) is 11.8 Å². The molecule has 0 aromatic heterocycles. The van der Waals surface area contributed by atoms with Crippen molar-refractivity contribution in [2.45, 2.75) is 23.8 Å². The lowest BCUT2D eigenvalue weighted by Gasteiger charge is -2.34. The van der Waals surface area contributed by atoms with Gasteiger partial charge in [0.05, 0.1) is 18.1 Å². The molecule has 206 valence electrons. The average molecular weight is 562 g/mol. The van der Waals surface area contributed by atoms with Crippen molar-refractivity contribution >= 4 is 35.0 Å². The van der Waals surface area contributed by atoms with Gasteiger partial charge in [0.25, 0.3) is 5.91 Å². The lowest BCUT2D eigenvalue weighted by molar-refractivity contribution is -0.123. The third-order valence-electron chi connectivity index (χ3n) is 8.29. The minimum atomic E-state index is -1.11. The van der Waals surface area contributed by atoms with Crippen LogP contribution in [0.15, 0.2) is 109 Å². The zero-order chi connectivity index (χ0) is 27.8. The van der Waals surface area contributed by atoms with Crippen LogP contribution in [0.1, 0.15) is 29.0 Å². The number of carbonyl (C=O) groups is 2. The quantitative estimate of drug-likeness (QED) is 0.277. The lowest BCUT2D eigenvalue weighted by Crippen LogP contribution is -2.51. The first-order valence-corrected chi connectivity index (χ1v) is 15.0. The molecule has 1 spiro atoms. The molecule has 7 rings (SSSR count). The van der Waals surface area contributed by atoms with Crippen molar-refractivity contribution in [2.24, 2.45) is 0 Å². The van der Waals surface area contributed by atoms with Gasteiger partial charge in [0.1, 0.15) is 12.4 Å². The SMILES string of the molecule is O=C1CS[C@@]2(C(=O)N(CN3CC[C@@H](c4ccccc4)C3)c3ccccc32)N1c1ccc(OCc2ccccc2)cc1. The van der Waals surface area contributed by atoms with E-state index >= 15 is 0 Å². The number of hydrogen-bond donors (Lipinski definition) is 0. The number of carbonyl (C=O) groups excluding carboxylic acids is 2. The Labute approximate surface area is 244 Å². The minimum absolute atomic E-state index is 0.0536. The van der Waals surface area contributed by atoms with Gasteiger partial charge in [-0.1, -0.05) is 78.9 Å². The average Bonchev–Trinajstić information content (AvgIpc) is 3.70. The molecule has 7 heteroatoms. The fourth-order valence-corrected chi connectivity index (χ4v) is 7.65. The number of anilines is 2. The van der Waals surface area contributed by atoms with Crippen LogP contribution < -0.4 is 14.5 Å². The number of likely N-dealkylation sites (tertiary alicyclic amines) is 1. The second-order valence-corrected chi connectivity index (χ2v) is 12.0. The Morgan fingerprint density at radius 1 is 0.829 bits per heavy atom. The number of hydrogen-bond acceptors (Lipinski definition) is 5. The van der Waals surface area contributed by atoms with Gasteiger partial charge in [0, 0.05) is 24.3 Å². The van der Waals surface area contributed by atoms with Crippen molar-refractivity contribution in [3.8, 4) is 5.75 Å². The number of amides is 2. The number of ether oxygens (including phenoxy) is 1. The molecule has 2 saturated heterocycles. The van der Waals surface area contributed by atoms with Crippen molar-refractivity contribution < 1.29 is 14.3 Å². The molecule has 0 aliphatic carbocycles. The Bertz CT molecular complexity index is 1560. The van der Waals surface area contributed by atoms with Gasteiger partial charge in [-0.3, -0.25) is 24.3 Å². The van der Waals surface area contributed by atoms with E-state index in [4.69, 9.17) is 4.74 Å². The summed E-state index contributed by atoms with van der Waals surface area (Å²) in [4.78, 5) is 32.7. The Morgan fingerprint density at radius 2 is 1.54 bits per heavy atom. The first kappa shape index (κ1) is 25.9. The Morgan fingerprint density at radius 3 is 2.32 bits per heavy atom. The van der Waals surface area contributed by atoms with E-state index in [1.165, 1.54) is 17.3 Å². The summed E-state index contributed by atoms with van der Waals surface area (Å²) in [6.45, 7) is 2.81. The third-order valence-corrected chi connectivity index (χ3v) is 9.68. The second kappa shape index (κ2) is 10.7. The Kier molecular flexibility index (Phi) is 6.77. The number of para-hydroxylation sites is 1. The van der Waals surface area contributed by atoms with Crippen LogP contribution in [0.3, 0.4) is 0 Å². The van der Waals surface area contributed by atoms with Gasteiger partial charge in [0.2, 0.25) is 10.8 Å². The van der Waals surface area contributed by atoms with Crippen molar-refractivity contribution in [3.63, 3.8) is 0 Å². The van der Waals surface area contributed by atoms with Crippen molar-refractivity contribution in [3.05, 3.63) is 126 Å². The van der Waals surface area contributed by atoms with Gasteiger partial charge < -0.3 is 4.74 Å². The Balaban J connectivity index is 1.14. The highest BCUT2D eigenvalue weighted by Gasteiger charge is 2.61. The normalized spacial score (nSPS) is 22.1. The lowest BCUT2D eigenvalue weighted by atomic mass is 9.99. The fourth-order valence-electron chi connectivity index (χ4n) is 6.29. The maximum absolute atomic E-state index is 14.4. The molecule has 4 aromatic carbocycles. The molecule has 0 bridgehead atoms. The number of benzene rings is 4. The molecule has 3 aliphatic rings. The van der Waals surface area contributed by atoms with E-state index < -0.39 is 4.87 Å². The number of thioether (sulfide) groups is 1. The van der Waals surface area contributed by atoms with Crippen LogP contribution in [-0.4, -0.2) is 42.2 Å². The highest BCUT2D eigenvalue weighted by molar-refractivity contribution is 8.02. The molecule has 0 N–H and O–H groups in total. The fraction of sp³-hybridized carbons (Fsp3) is 0.235. The molecule has 2 amide bonds. The molecule has 0 unspecified atom stereocenters. The van der Waals surface area contributed by atoms with Crippen molar-refractivity contribution in [1.29, 1.82) is 0 Å².